The summed E-state index contributed by atoms with van der Waals surface area (Å²) in [5, 5.41) is 6.26. The van der Waals surface area contributed by atoms with Crippen LogP contribution in [-0.4, -0.2) is 12.5 Å². The molecule has 0 atom stereocenters. The summed E-state index contributed by atoms with van der Waals surface area (Å²) >= 11 is 0. The Bertz CT molecular complexity index is 987. The number of rotatable bonds is 9. The maximum Gasteiger partial charge on any atom is 0.221 e. The molecule has 5 nitrogen and oxygen atoms in total. The van der Waals surface area contributed by atoms with Crippen molar-refractivity contribution in [3.05, 3.63) is 83.4 Å². The van der Waals surface area contributed by atoms with Crippen molar-refractivity contribution in [2.75, 3.05) is 17.2 Å². The fourth-order valence-corrected chi connectivity index (χ4v) is 3.05. The van der Waals surface area contributed by atoms with Gasteiger partial charge in [0.05, 0.1) is 6.61 Å². The zero-order chi connectivity index (χ0) is 21.3. The second-order valence-corrected chi connectivity index (χ2v) is 7.05. The highest BCUT2D eigenvalue weighted by Gasteiger charge is 2.08. The standard InChI is InChI=1S/C25H28N2O3/c1-4-29-25-14-21(11-13-24(25)30-17-20-8-6-5-7-9-20)16-26-22-12-10-18(2)23(15-22)27-19(3)28/h5-15,26H,4,16-17H2,1-3H3,(H,27,28). The van der Waals surface area contributed by atoms with E-state index in [9.17, 15) is 4.79 Å². The zero-order valence-electron chi connectivity index (χ0n) is 17.7. The predicted molar refractivity (Wildman–Crippen MR) is 121 cm³/mol. The Hall–Kier alpha value is -3.47. The van der Waals surface area contributed by atoms with Crippen LogP contribution >= 0.6 is 0 Å². The number of anilines is 2. The van der Waals surface area contributed by atoms with Crippen molar-refractivity contribution < 1.29 is 14.3 Å². The van der Waals surface area contributed by atoms with Gasteiger partial charge in [0.15, 0.2) is 11.5 Å². The van der Waals surface area contributed by atoms with Gasteiger partial charge in [-0.2, -0.15) is 0 Å². The zero-order valence-corrected chi connectivity index (χ0v) is 17.7. The first kappa shape index (κ1) is 21.2. The maximum absolute atomic E-state index is 11.4. The first-order valence-corrected chi connectivity index (χ1v) is 10.1. The average Bonchev–Trinajstić information content (AvgIpc) is 2.74. The molecule has 1 amide bonds. The Kier molecular flexibility index (Phi) is 7.33. The van der Waals surface area contributed by atoms with Gasteiger partial charge in [-0.15, -0.1) is 0 Å². The van der Waals surface area contributed by atoms with Gasteiger partial charge < -0.3 is 20.1 Å². The van der Waals surface area contributed by atoms with Gasteiger partial charge in [0.25, 0.3) is 0 Å². The molecule has 3 rings (SSSR count). The fraction of sp³-hybridized carbons (Fsp3) is 0.240. The van der Waals surface area contributed by atoms with Crippen LogP contribution in [0.3, 0.4) is 0 Å². The Balaban J connectivity index is 1.67. The lowest BCUT2D eigenvalue weighted by Crippen LogP contribution is -2.08. The van der Waals surface area contributed by atoms with Gasteiger partial charge in [-0.1, -0.05) is 42.5 Å². The average molecular weight is 405 g/mol. The van der Waals surface area contributed by atoms with Crippen LogP contribution < -0.4 is 20.1 Å². The Morgan fingerprint density at radius 2 is 1.70 bits per heavy atom. The number of amides is 1. The van der Waals surface area contributed by atoms with Crippen LogP contribution in [0.15, 0.2) is 66.7 Å². The van der Waals surface area contributed by atoms with Crippen LogP contribution in [0.4, 0.5) is 11.4 Å². The SMILES string of the molecule is CCOc1cc(CNc2ccc(C)c(NC(C)=O)c2)ccc1OCc1ccccc1. The molecule has 0 fully saturated rings. The van der Waals surface area contributed by atoms with Crippen LogP contribution in [0, 0.1) is 6.92 Å². The molecule has 0 saturated carbocycles. The highest BCUT2D eigenvalue weighted by Crippen LogP contribution is 2.30. The quantitative estimate of drug-likeness (QED) is 0.491. The van der Waals surface area contributed by atoms with Crippen LogP contribution in [0.5, 0.6) is 11.5 Å². The number of carbonyl (C=O) groups excluding carboxylic acids is 1. The lowest BCUT2D eigenvalue weighted by Gasteiger charge is -2.15. The third kappa shape index (κ3) is 6.01. The molecular formula is C25H28N2O3. The number of benzene rings is 3. The lowest BCUT2D eigenvalue weighted by atomic mass is 10.1. The normalized spacial score (nSPS) is 10.4. The van der Waals surface area contributed by atoms with Crippen molar-refractivity contribution in [2.24, 2.45) is 0 Å². The van der Waals surface area contributed by atoms with E-state index >= 15 is 0 Å². The molecule has 0 saturated heterocycles. The van der Waals surface area contributed by atoms with E-state index in [0.717, 1.165) is 39.6 Å². The molecule has 5 heteroatoms. The molecule has 156 valence electrons. The van der Waals surface area contributed by atoms with Crippen LogP contribution in [0.25, 0.3) is 0 Å². The van der Waals surface area contributed by atoms with Crippen molar-refractivity contribution in [3.63, 3.8) is 0 Å². The third-order valence-electron chi connectivity index (χ3n) is 4.59. The van der Waals surface area contributed by atoms with Gasteiger partial charge >= 0.3 is 0 Å². The Morgan fingerprint density at radius 1 is 0.900 bits per heavy atom. The second kappa shape index (κ2) is 10.3. The van der Waals surface area contributed by atoms with Crippen LogP contribution in [0.2, 0.25) is 0 Å². The molecule has 2 N–H and O–H groups in total. The number of hydrogen-bond acceptors (Lipinski definition) is 4. The van der Waals surface area contributed by atoms with Gasteiger partial charge in [0, 0.05) is 24.8 Å². The van der Waals surface area contributed by atoms with E-state index in [1.807, 2.05) is 80.6 Å². The molecule has 3 aromatic rings. The molecular weight excluding hydrogens is 376 g/mol. The highest BCUT2D eigenvalue weighted by atomic mass is 16.5. The molecule has 0 heterocycles. The fourth-order valence-electron chi connectivity index (χ4n) is 3.05. The van der Waals surface area contributed by atoms with Crippen molar-refractivity contribution >= 4 is 17.3 Å². The van der Waals surface area contributed by atoms with E-state index in [1.54, 1.807) is 0 Å². The van der Waals surface area contributed by atoms with Crippen molar-refractivity contribution in [3.8, 4) is 11.5 Å². The summed E-state index contributed by atoms with van der Waals surface area (Å²) in [6, 6.07) is 22.0. The molecule has 0 aliphatic rings. The number of hydrogen-bond donors (Lipinski definition) is 2. The number of aryl methyl sites for hydroxylation is 1. The van der Waals surface area contributed by atoms with E-state index in [2.05, 4.69) is 10.6 Å². The largest absolute Gasteiger partial charge is 0.490 e. The smallest absolute Gasteiger partial charge is 0.221 e. The molecule has 30 heavy (non-hydrogen) atoms. The van der Waals surface area contributed by atoms with E-state index < -0.39 is 0 Å². The van der Waals surface area contributed by atoms with Crippen molar-refractivity contribution in [1.82, 2.24) is 0 Å². The third-order valence-corrected chi connectivity index (χ3v) is 4.59. The first-order chi connectivity index (χ1) is 14.5. The molecule has 0 radical (unpaired) electrons. The van der Waals surface area contributed by atoms with Gasteiger partial charge in [0.1, 0.15) is 6.61 Å². The summed E-state index contributed by atoms with van der Waals surface area (Å²) in [6.07, 6.45) is 0. The number of ether oxygens (including phenoxy) is 2. The van der Waals surface area contributed by atoms with E-state index in [0.29, 0.717) is 19.8 Å². The summed E-state index contributed by atoms with van der Waals surface area (Å²) in [5.41, 5.74) is 4.96. The summed E-state index contributed by atoms with van der Waals surface area (Å²) in [7, 11) is 0. The number of carbonyl (C=O) groups is 1. The topological polar surface area (TPSA) is 59.6 Å². The minimum atomic E-state index is -0.0808. The van der Waals surface area contributed by atoms with Crippen LogP contribution in [-0.2, 0) is 17.9 Å². The minimum absolute atomic E-state index is 0.0808. The maximum atomic E-state index is 11.4. The summed E-state index contributed by atoms with van der Waals surface area (Å²) in [5.74, 6) is 1.38. The van der Waals surface area contributed by atoms with E-state index in [1.165, 1.54) is 6.92 Å². The molecule has 3 aromatic carbocycles. The van der Waals surface area contributed by atoms with Crippen molar-refractivity contribution in [2.45, 2.75) is 33.9 Å². The molecule has 0 aliphatic heterocycles. The molecule has 0 spiro atoms. The Morgan fingerprint density at radius 3 is 2.43 bits per heavy atom. The van der Waals surface area contributed by atoms with Crippen molar-refractivity contribution in [1.29, 1.82) is 0 Å². The van der Waals surface area contributed by atoms with Gasteiger partial charge in [-0.25, -0.2) is 0 Å². The predicted octanol–water partition coefficient (Wildman–Crippen LogP) is 5.54. The van der Waals surface area contributed by atoms with Gasteiger partial charge in [0.2, 0.25) is 5.91 Å². The van der Waals surface area contributed by atoms with E-state index in [-0.39, 0.29) is 5.91 Å². The number of nitrogens with one attached hydrogen (secondary N) is 2. The van der Waals surface area contributed by atoms with E-state index in [4.69, 9.17) is 9.47 Å². The molecule has 0 aromatic heterocycles. The van der Waals surface area contributed by atoms with Gasteiger partial charge in [-0.3, -0.25) is 4.79 Å². The molecule has 0 bridgehead atoms. The minimum Gasteiger partial charge on any atom is -0.490 e. The first-order valence-electron chi connectivity index (χ1n) is 10.1. The summed E-state index contributed by atoms with van der Waals surface area (Å²) < 4.78 is 11.8. The van der Waals surface area contributed by atoms with Crippen LogP contribution in [0.1, 0.15) is 30.5 Å². The second-order valence-electron chi connectivity index (χ2n) is 7.05. The van der Waals surface area contributed by atoms with Gasteiger partial charge in [-0.05, 0) is 54.8 Å². The highest BCUT2D eigenvalue weighted by molar-refractivity contribution is 5.90. The molecule has 0 aliphatic carbocycles. The monoisotopic (exact) mass is 404 g/mol. The lowest BCUT2D eigenvalue weighted by molar-refractivity contribution is -0.114. The molecule has 0 unspecified atom stereocenters. The summed E-state index contributed by atoms with van der Waals surface area (Å²) in [4.78, 5) is 11.4. The Labute approximate surface area is 178 Å². The summed E-state index contributed by atoms with van der Waals surface area (Å²) in [6.45, 7) is 7.13.